The number of nitrogens with zero attached hydrogens (tertiary/aromatic N) is 2. The molecule has 0 radical (unpaired) electrons. The highest BCUT2D eigenvalue weighted by atomic mass is 16.5. The van der Waals surface area contributed by atoms with Crippen LogP contribution in [0.25, 0.3) is 0 Å². The van der Waals surface area contributed by atoms with Gasteiger partial charge in [0.2, 0.25) is 0 Å². The number of aliphatic hydroxyl groups excluding tert-OH is 1. The molecule has 0 spiro atoms. The average molecular weight is 304 g/mol. The summed E-state index contributed by atoms with van der Waals surface area (Å²) in [5.41, 5.74) is 4.60. The molecule has 1 unspecified atom stereocenters. The van der Waals surface area contributed by atoms with E-state index in [-0.39, 0.29) is 6.10 Å². The van der Waals surface area contributed by atoms with Gasteiger partial charge in [0.25, 0.3) is 0 Å². The van der Waals surface area contributed by atoms with Gasteiger partial charge in [-0.2, -0.15) is 0 Å². The molecule has 22 heavy (non-hydrogen) atoms. The van der Waals surface area contributed by atoms with E-state index in [0.717, 1.165) is 26.2 Å². The molecule has 4 nitrogen and oxygen atoms in total. The number of anilines is 1. The lowest BCUT2D eigenvalue weighted by atomic mass is 9.90. The Kier molecular flexibility index (Phi) is 5.34. The maximum absolute atomic E-state index is 9.86. The summed E-state index contributed by atoms with van der Waals surface area (Å²) in [5, 5.41) is 9.86. The summed E-state index contributed by atoms with van der Waals surface area (Å²) in [4.78, 5) is 4.87. The average Bonchev–Trinajstić information content (AvgIpc) is 2.55. The molecule has 1 aromatic rings. The number of ether oxygens (including phenoxy) is 1. The van der Waals surface area contributed by atoms with Crippen molar-refractivity contribution in [1.82, 2.24) is 4.90 Å². The highest BCUT2D eigenvalue weighted by molar-refractivity contribution is 5.58. The first kappa shape index (κ1) is 15.8. The van der Waals surface area contributed by atoms with Crippen LogP contribution >= 0.6 is 0 Å². The summed E-state index contributed by atoms with van der Waals surface area (Å²) in [6.07, 6.45) is 4.76. The van der Waals surface area contributed by atoms with Crippen molar-refractivity contribution in [2.75, 3.05) is 51.3 Å². The van der Waals surface area contributed by atoms with Crippen molar-refractivity contribution in [1.29, 1.82) is 0 Å². The Morgan fingerprint density at radius 2 is 1.91 bits per heavy atom. The maximum atomic E-state index is 9.86. The van der Waals surface area contributed by atoms with E-state index in [4.69, 9.17) is 4.74 Å². The molecule has 2 aliphatic rings. The van der Waals surface area contributed by atoms with E-state index in [1.54, 1.807) is 18.2 Å². The number of hydrogen-bond acceptors (Lipinski definition) is 4. The second kappa shape index (κ2) is 7.44. The van der Waals surface area contributed by atoms with Gasteiger partial charge >= 0.3 is 0 Å². The third kappa shape index (κ3) is 3.62. The SMILES string of the molecule is COCC(O)CN1CCN(c2cccc3c2CCCC3)CC1. The fourth-order valence-corrected chi connectivity index (χ4v) is 3.77. The lowest BCUT2D eigenvalue weighted by molar-refractivity contribution is 0.0365. The summed E-state index contributed by atoms with van der Waals surface area (Å²) in [6.45, 7) is 5.28. The van der Waals surface area contributed by atoms with Gasteiger partial charge in [0, 0.05) is 45.5 Å². The molecule has 0 saturated carbocycles. The van der Waals surface area contributed by atoms with E-state index >= 15 is 0 Å². The van der Waals surface area contributed by atoms with Crippen LogP contribution in [0.5, 0.6) is 0 Å². The van der Waals surface area contributed by atoms with E-state index in [1.165, 1.54) is 31.4 Å². The number of benzene rings is 1. The van der Waals surface area contributed by atoms with Gasteiger partial charge in [-0.15, -0.1) is 0 Å². The van der Waals surface area contributed by atoms with E-state index < -0.39 is 0 Å². The van der Waals surface area contributed by atoms with Gasteiger partial charge in [-0.1, -0.05) is 12.1 Å². The van der Waals surface area contributed by atoms with Crippen LogP contribution in [0.15, 0.2) is 18.2 Å². The van der Waals surface area contributed by atoms with E-state index in [1.807, 2.05) is 0 Å². The van der Waals surface area contributed by atoms with Gasteiger partial charge < -0.3 is 14.7 Å². The highest BCUT2D eigenvalue weighted by Gasteiger charge is 2.22. The van der Waals surface area contributed by atoms with Crippen LogP contribution in [0.1, 0.15) is 24.0 Å². The molecule has 1 saturated heterocycles. The molecule has 3 rings (SSSR count). The molecule has 1 aliphatic heterocycles. The van der Waals surface area contributed by atoms with E-state index in [9.17, 15) is 5.11 Å². The van der Waals surface area contributed by atoms with Crippen LogP contribution in [-0.4, -0.2) is 62.6 Å². The standard InChI is InChI=1S/C18H28N2O2/c1-22-14-16(21)13-19-9-11-20(12-10-19)18-8-4-6-15-5-2-3-7-17(15)18/h4,6,8,16,21H,2-3,5,7,9-14H2,1H3. The number of aryl methyl sites for hydroxylation is 1. The second-order valence-electron chi connectivity index (χ2n) is 6.52. The number of fused-ring (bicyclic) bond motifs is 1. The predicted octanol–water partition coefficient (Wildman–Crippen LogP) is 1.69. The molecule has 1 fully saturated rings. The minimum absolute atomic E-state index is 0.374. The normalized spacial score (nSPS) is 20.7. The van der Waals surface area contributed by atoms with Gasteiger partial charge in [0.1, 0.15) is 0 Å². The molecule has 122 valence electrons. The predicted molar refractivity (Wildman–Crippen MR) is 89.6 cm³/mol. The highest BCUT2D eigenvalue weighted by Crippen LogP contribution is 2.30. The first-order valence-electron chi connectivity index (χ1n) is 8.53. The minimum atomic E-state index is -0.374. The number of piperazine rings is 1. The van der Waals surface area contributed by atoms with Crippen LogP contribution in [0.2, 0.25) is 0 Å². The van der Waals surface area contributed by atoms with Crippen LogP contribution in [0, 0.1) is 0 Å². The lowest BCUT2D eigenvalue weighted by Gasteiger charge is -2.38. The quantitative estimate of drug-likeness (QED) is 0.898. The Balaban J connectivity index is 1.60. The number of hydrogen-bond donors (Lipinski definition) is 1. The van der Waals surface area contributed by atoms with Crippen molar-refractivity contribution in [2.24, 2.45) is 0 Å². The molecule has 1 N–H and O–H groups in total. The zero-order chi connectivity index (χ0) is 15.4. The zero-order valence-corrected chi connectivity index (χ0v) is 13.6. The Hall–Kier alpha value is -1.10. The number of aliphatic hydroxyl groups is 1. The molecule has 1 aliphatic carbocycles. The van der Waals surface area contributed by atoms with Gasteiger partial charge in [-0.3, -0.25) is 4.90 Å². The number of β-amino-alcohol motifs (C(OH)–C–C–N with tert-alkyl or cyclic N) is 1. The number of methoxy groups -OCH3 is 1. The van der Waals surface area contributed by atoms with Crippen LogP contribution in [0.4, 0.5) is 5.69 Å². The largest absolute Gasteiger partial charge is 0.389 e. The number of rotatable bonds is 5. The molecule has 0 bridgehead atoms. The van der Waals surface area contributed by atoms with Crippen molar-refractivity contribution in [3.8, 4) is 0 Å². The van der Waals surface area contributed by atoms with Crippen molar-refractivity contribution in [3.63, 3.8) is 0 Å². The summed E-state index contributed by atoms with van der Waals surface area (Å²) in [6, 6.07) is 6.81. The molecule has 1 heterocycles. The second-order valence-corrected chi connectivity index (χ2v) is 6.52. The Labute approximate surface area is 133 Å². The minimum Gasteiger partial charge on any atom is -0.389 e. The fraction of sp³-hybridized carbons (Fsp3) is 0.667. The van der Waals surface area contributed by atoms with E-state index in [2.05, 4.69) is 28.0 Å². The third-order valence-corrected chi connectivity index (χ3v) is 4.91. The Morgan fingerprint density at radius 1 is 1.14 bits per heavy atom. The van der Waals surface area contributed by atoms with Gasteiger partial charge in [-0.25, -0.2) is 0 Å². The molecule has 0 amide bonds. The van der Waals surface area contributed by atoms with Crippen molar-refractivity contribution in [2.45, 2.75) is 31.8 Å². The van der Waals surface area contributed by atoms with Crippen molar-refractivity contribution in [3.05, 3.63) is 29.3 Å². The van der Waals surface area contributed by atoms with Gasteiger partial charge in [-0.05, 0) is 42.9 Å². The van der Waals surface area contributed by atoms with Gasteiger partial charge in [0.15, 0.2) is 0 Å². The zero-order valence-electron chi connectivity index (χ0n) is 13.6. The monoisotopic (exact) mass is 304 g/mol. The summed E-state index contributed by atoms with van der Waals surface area (Å²) >= 11 is 0. The summed E-state index contributed by atoms with van der Waals surface area (Å²) < 4.78 is 5.01. The fourth-order valence-electron chi connectivity index (χ4n) is 3.77. The molecule has 4 heteroatoms. The first-order valence-corrected chi connectivity index (χ1v) is 8.53. The Bertz CT molecular complexity index is 484. The van der Waals surface area contributed by atoms with Crippen LogP contribution in [0.3, 0.4) is 0 Å². The maximum Gasteiger partial charge on any atom is 0.0900 e. The topological polar surface area (TPSA) is 35.9 Å². The lowest BCUT2D eigenvalue weighted by Crippen LogP contribution is -2.49. The third-order valence-electron chi connectivity index (χ3n) is 4.91. The first-order chi connectivity index (χ1) is 10.8. The smallest absolute Gasteiger partial charge is 0.0900 e. The molecule has 0 aromatic heterocycles. The summed E-state index contributed by atoms with van der Waals surface area (Å²) in [5.74, 6) is 0. The van der Waals surface area contributed by atoms with Crippen molar-refractivity contribution >= 4 is 5.69 Å². The molecular weight excluding hydrogens is 276 g/mol. The van der Waals surface area contributed by atoms with Crippen molar-refractivity contribution < 1.29 is 9.84 Å². The van der Waals surface area contributed by atoms with Crippen LogP contribution in [-0.2, 0) is 17.6 Å². The molecule has 1 aromatic carbocycles. The van der Waals surface area contributed by atoms with Gasteiger partial charge in [0.05, 0.1) is 12.7 Å². The van der Waals surface area contributed by atoms with Crippen LogP contribution < -0.4 is 4.90 Å². The molecule has 1 atom stereocenters. The Morgan fingerprint density at radius 3 is 2.68 bits per heavy atom. The summed E-state index contributed by atoms with van der Waals surface area (Å²) in [7, 11) is 1.64. The van der Waals surface area contributed by atoms with E-state index in [0.29, 0.717) is 13.2 Å². The molecular formula is C18H28N2O2.